The standard InChI is InChI=1S/C25H30N2O3S/c1-4-5-8-13-30-25(29)16(2)27-15-26-23-22(24(27)28)21(17(3)31-23)20-12-11-18-9-6-7-10-19(18)14-20/h11-12,14-16H,4-10,13H2,1-3H3. The lowest BCUT2D eigenvalue weighted by Crippen LogP contribution is -2.29. The Kier molecular flexibility index (Phi) is 6.56. The van der Waals surface area contributed by atoms with Crippen LogP contribution in [0.25, 0.3) is 21.3 Å². The highest BCUT2D eigenvalue weighted by Crippen LogP contribution is 2.37. The van der Waals surface area contributed by atoms with Gasteiger partial charge in [-0.05, 0) is 62.6 Å². The maximum absolute atomic E-state index is 13.5. The molecule has 1 aliphatic rings. The summed E-state index contributed by atoms with van der Waals surface area (Å²) in [6.07, 6.45) is 9.09. The zero-order valence-electron chi connectivity index (χ0n) is 18.6. The van der Waals surface area contributed by atoms with Gasteiger partial charge in [0.15, 0.2) is 0 Å². The predicted octanol–water partition coefficient (Wildman–Crippen LogP) is 5.61. The fraction of sp³-hybridized carbons (Fsp3) is 0.480. The third kappa shape index (κ3) is 4.31. The van der Waals surface area contributed by atoms with Crippen molar-refractivity contribution in [3.05, 3.63) is 50.9 Å². The van der Waals surface area contributed by atoms with Crippen molar-refractivity contribution in [1.82, 2.24) is 9.55 Å². The summed E-state index contributed by atoms with van der Waals surface area (Å²) in [7, 11) is 0. The zero-order valence-corrected chi connectivity index (χ0v) is 19.4. The highest BCUT2D eigenvalue weighted by atomic mass is 32.1. The van der Waals surface area contributed by atoms with Crippen LogP contribution in [0, 0.1) is 6.92 Å². The minimum absolute atomic E-state index is 0.180. The number of hydrogen-bond donors (Lipinski definition) is 0. The molecule has 0 N–H and O–H groups in total. The van der Waals surface area contributed by atoms with Crippen LogP contribution < -0.4 is 5.56 Å². The van der Waals surface area contributed by atoms with Crippen LogP contribution in [0.3, 0.4) is 0 Å². The molecule has 0 saturated heterocycles. The fourth-order valence-electron chi connectivity index (χ4n) is 4.39. The Hall–Kier alpha value is -2.47. The molecule has 3 aromatic rings. The summed E-state index contributed by atoms with van der Waals surface area (Å²) in [5, 5.41) is 0.603. The summed E-state index contributed by atoms with van der Waals surface area (Å²) >= 11 is 1.53. The molecule has 31 heavy (non-hydrogen) atoms. The number of fused-ring (bicyclic) bond motifs is 2. The number of ether oxygens (including phenoxy) is 1. The van der Waals surface area contributed by atoms with Crippen molar-refractivity contribution in [2.24, 2.45) is 0 Å². The van der Waals surface area contributed by atoms with Gasteiger partial charge in [-0.15, -0.1) is 11.3 Å². The van der Waals surface area contributed by atoms with Gasteiger partial charge in [-0.1, -0.05) is 38.0 Å². The molecule has 1 aliphatic carbocycles. The molecule has 1 unspecified atom stereocenters. The largest absolute Gasteiger partial charge is 0.464 e. The van der Waals surface area contributed by atoms with Gasteiger partial charge in [0.2, 0.25) is 0 Å². The topological polar surface area (TPSA) is 61.2 Å². The van der Waals surface area contributed by atoms with Crippen LogP contribution >= 0.6 is 11.3 Å². The van der Waals surface area contributed by atoms with E-state index < -0.39 is 6.04 Å². The lowest BCUT2D eigenvalue weighted by atomic mass is 9.89. The molecule has 1 aromatic carbocycles. The van der Waals surface area contributed by atoms with Gasteiger partial charge in [-0.2, -0.15) is 0 Å². The monoisotopic (exact) mass is 438 g/mol. The molecule has 0 radical (unpaired) electrons. The van der Waals surface area contributed by atoms with E-state index in [0.29, 0.717) is 12.0 Å². The van der Waals surface area contributed by atoms with Crippen molar-refractivity contribution in [2.45, 2.75) is 71.8 Å². The highest BCUT2D eigenvalue weighted by Gasteiger charge is 2.23. The highest BCUT2D eigenvalue weighted by molar-refractivity contribution is 7.19. The van der Waals surface area contributed by atoms with E-state index >= 15 is 0 Å². The van der Waals surface area contributed by atoms with E-state index in [4.69, 9.17) is 4.74 Å². The van der Waals surface area contributed by atoms with Crippen LogP contribution in [0.15, 0.2) is 29.3 Å². The number of carbonyl (C=O) groups excluding carboxylic acids is 1. The molecule has 0 bridgehead atoms. The average molecular weight is 439 g/mol. The SMILES string of the molecule is CCCCCOC(=O)C(C)n1cnc2sc(C)c(-c3ccc4c(c3)CCCC4)c2c1=O. The molecule has 0 spiro atoms. The first kappa shape index (κ1) is 21.8. The number of aryl methyl sites for hydroxylation is 3. The van der Waals surface area contributed by atoms with Gasteiger partial charge in [0.05, 0.1) is 18.3 Å². The van der Waals surface area contributed by atoms with E-state index in [1.807, 2.05) is 6.92 Å². The summed E-state index contributed by atoms with van der Waals surface area (Å²) in [6.45, 7) is 6.23. The first-order chi connectivity index (χ1) is 15.0. The van der Waals surface area contributed by atoms with Gasteiger partial charge < -0.3 is 4.74 Å². The number of nitrogens with zero attached hydrogens (tertiary/aromatic N) is 2. The Bertz CT molecular complexity index is 1160. The summed E-state index contributed by atoms with van der Waals surface area (Å²) in [5.74, 6) is -0.387. The second kappa shape index (κ2) is 9.35. The molecule has 0 aliphatic heterocycles. The molecular weight excluding hydrogens is 408 g/mol. The van der Waals surface area contributed by atoms with Gasteiger partial charge >= 0.3 is 5.97 Å². The smallest absolute Gasteiger partial charge is 0.328 e. The van der Waals surface area contributed by atoms with E-state index in [9.17, 15) is 9.59 Å². The molecule has 4 rings (SSSR count). The molecule has 2 aromatic heterocycles. The predicted molar refractivity (Wildman–Crippen MR) is 126 cm³/mol. The quantitative estimate of drug-likeness (QED) is 0.355. The average Bonchev–Trinajstić information content (AvgIpc) is 3.12. The number of esters is 1. The molecule has 0 fully saturated rings. The normalized spacial score (nSPS) is 14.4. The van der Waals surface area contributed by atoms with Crippen LogP contribution in [0.4, 0.5) is 0 Å². The molecule has 1 atom stereocenters. The molecule has 5 nitrogen and oxygen atoms in total. The van der Waals surface area contributed by atoms with Crippen LogP contribution in [0.5, 0.6) is 0 Å². The van der Waals surface area contributed by atoms with E-state index in [0.717, 1.165) is 52.9 Å². The molecule has 6 heteroatoms. The van der Waals surface area contributed by atoms with Gasteiger partial charge in [0, 0.05) is 10.4 Å². The van der Waals surface area contributed by atoms with E-state index in [1.165, 1.54) is 46.2 Å². The van der Waals surface area contributed by atoms with Gasteiger partial charge in [0.25, 0.3) is 5.56 Å². The third-order valence-electron chi connectivity index (χ3n) is 6.20. The van der Waals surface area contributed by atoms with Crippen molar-refractivity contribution >= 4 is 27.5 Å². The Balaban J connectivity index is 1.71. The van der Waals surface area contributed by atoms with Crippen molar-refractivity contribution in [3.63, 3.8) is 0 Å². The molecular formula is C25H30N2O3S. The number of unbranched alkanes of at least 4 members (excludes halogenated alkanes) is 2. The first-order valence-corrected chi connectivity index (χ1v) is 12.1. The maximum atomic E-state index is 13.5. The van der Waals surface area contributed by atoms with Crippen LogP contribution in [0.1, 0.15) is 68.0 Å². The third-order valence-corrected chi connectivity index (χ3v) is 7.21. The number of benzene rings is 1. The first-order valence-electron chi connectivity index (χ1n) is 11.3. The lowest BCUT2D eigenvalue weighted by molar-refractivity contribution is -0.147. The lowest BCUT2D eigenvalue weighted by Gasteiger charge is -2.17. The molecule has 0 saturated carbocycles. The number of rotatable bonds is 7. The Morgan fingerprint density at radius 3 is 2.77 bits per heavy atom. The fourth-order valence-corrected chi connectivity index (χ4v) is 5.39. The number of carbonyl (C=O) groups is 1. The Morgan fingerprint density at radius 2 is 2.00 bits per heavy atom. The minimum atomic E-state index is -0.706. The van der Waals surface area contributed by atoms with Crippen molar-refractivity contribution in [1.29, 1.82) is 0 Å². The molecule has 2 heterocycles. The van der Waals surface area contributed by atoms with E-state index in [-0.39, 0.29) is 11.5 Å². The van der Waals surface area contributed by atoms with Crippen molar-refractivity contribution in [3.8, 4) is 11.1 Å². The van der Waals surface area contributed by atoms with Crippen molar-refractivity contribution in [2.75, 3.05) is 6.61 Å². The summed E-state index contributed by atoms with van der Waals surface area (Å²) in [5.41, 5.74) is 4.64. The van der Waals surface area contributed by atoms with Crippen molar-refractivity contribution < 1.29 is 9.53 Å². The molecule has 164 valence electrons. The summed E-state index contributed by atoms with van der Waals surface area (Å²) < 4.78 is 6.80. The van der Waals surface area contributed by atoms with E-state index in [1.54, 1.807) is 6.92 Å². The Morgan fingerprint density at radius 1 is 1.23 bits per heavy atom. The van der Waals surface area contributed by atoms with Gasteiger partial charge in [-0.3, -0.25) is 9.36 Å². The second-order valence-electron chi connectivity index (χ2n) is 8.41. The van der Waals surface area contributed by atoms with Gasteiger partial charge in [0.1, 0.15) is 10.9 Å². The van der Waals surface area contributed by atoms with Crippen LogP contribution in [0.2, 0.25) is 0 Å². The zero-order chi connectivity index (χ0) is 22.0. The molecule has 0 amide bonds. The minimum Gasteiger partial charge on any atom is -0.464 e. The van der Waals surface area contributed by atoms with Crippen LogP contribution in [-0.2, 0) is 22.4 Å². The number of hydrogen-bond acceptors (Lipinski definition) is 5. The second-order valence-corrected chi connectivity index (χ2v) is 9.61. The maximum Gasteiger partial charge on any atom is 0.328 e. The summed E-state index contributed by atoms with van der Waals surface area (Å²) in [6, 6.07) is 5.87. The summed E-state index contributed by atoms with van der Waals surface area (Å²) in [4.78, 5) is 32.3. The Labute approximate surface area is 187 Å². The van der Waals surface area contributed by atoms with E-state index in [2.05, 4.69) is 30.1 Å². The van der Waals surface area contributed by atoms with Gasteiger partial charge in [-0.25, -0.2) is 9.78 Å². The number of aromatic nitrogens is 2. The van der Waals surface area contributed by atoms with Crippen LogP contribution in [-0.4, -0.2) is 22.1 Å². The number of thiophene rings is 1.